The van der Waals surface area contributed by atoms with Gasteiger partial charge in [0, 0.05) is 22.5 Å². The fraction of sp³-hybridized carbons (Fsp3) is 0.300. The Labute approximate surface area is 187 Å². The molecule has 10 heteroatoms. The van der Waals surface area contributed by atoms with E-state index in [1.54, 1.807) is 12.1 Å². The van der Waals surface area contributed by atoms with Gasteiger partial charge in [-0.1, -0.05) is 23.4 Å². The summed E-state index contributed by atoms with van der Waals surface area (Å²) in [6.07, 6.45) is 3.89. The molecule has 4 rings (SSSR count). The molecule has 0 spiro atoms. The molecule has 1 aromatic carbocycles. The molecule has 0 atom stereocenters. The van der Waals surface area contributed by atoms with Crippen LogP contribution >= 0.6 is 34.7 Å². The van der Waals surface area contributed by atoms with Crippen LogP contribution in [0.25, 0.3) is 11.4 Å². The normalized spacial score (nSPS) is 13.1. The lowest BCUT2D eigenvalue weighted by Gasteiger charge is -2.11. The zero-order valence-electron chi connectivity index (χ0n) is 16.3. The summed E-state index contributed by atoms with van der Waals surface area (Å²) in [7, 11) is 1.85. The Morgan fingerprint density at radius 3 is 2.70 bits per heavy atom. The first kappa shape index (κ1) is 20.9. The van der Waals surface area contributed by atoms with E-state index >= 15 is 0 Å². The lowest BCUT2D eigenvalue weighted by Crippen LogP contribution is -2.19. The Bertz CT molecular complexity index is 1110. The van der Waals surface area contributed by atoms with Gasteiger partial charge >= 0.3 is 0 Å². The van der Waals surface area contributed by atoms with E-state index in [0.717, 1.165) is 41.7 Å². The third kappa shape index (κ3) is 4.23. The van der Waals surface area contributed by atoms with Gasteiger partial charge in [0.25, 0.3) is 5.91 Å². The highest BCUT2D eigenvalue weighted by Crippen LogP contribution is 2.38. The number of thiophene rings is 1. The van der Waals surface area contributed by atoms with Crippen molar-refractivity contribution in [2.45, 2.75) is 30.8 Å². The van der Waals surface area contributed by atoms with Crippen LogP contribution in [-0.4, -0.2) is 32.3 Å². The van der Waals surface area contributed by atoms with Crippen LogP contribution in [-0.2, 0) is 24.7 Å². The molecule has 0 aliphatic heterocycles. The predicted octanol–water partition coefficient (Wildman–Crippen LogP) is 3.91. The van der Waals surface area contributed by atoms with Gasteiger partial charge in [0.2, 0.25) is 5.91 Å². The van der Waals surface area contributed by atoms with Gasteiger partial charge in [0.15, 0.2) is 11.0 Å². The minimum absolute atomic E-state index is 0.146. The van der Waals surface area contributed by atoms with E-state index in [1.165, 1.54) is 23.1 Å². The van der Waals surface area contributed by atoms with Crippen molar-refractivity contribution in [3.05, 3.63) is 45.3 Å². The van der Waals surface area contributed by atoms with Gasteiger partial charge < -0.3 is 15.6 Å². The number of hydrogen-bond donors (Lipinski definition) is 2. The van der Waals surface area contributed by atoms with Crippen molar-refractivity contribution in [3.63, 3.8) is 0 Å². The number of carbonyl (C=O) groups is 2. The maximum absolute atomic E-state index is 12.5. The molecule has 0 saturated heterocycles. The maximum atomic E-state index is 12.5. The van der Waals surface area contributed by atoms with Crippen LogP contribution in [0.15, 0.2) is 29.4 Å². The number of aromatic nitrogens is 3. The minimum Gasteiger partial charge on any atom is -0.365 e. The number of fused-ring (bicyclic) bond motifs is 1. The van der Waals surface area contributed by atoms with Gasteiger partial charge in [-0.2, -0.15) is 0 Å². The molecule has 1 aliphatic rings. The van der Waals surface area contributed by atoms with Gasteiger partial charge in [0.05, 0.1) is 11.3 Å². The van der Waals surface area contributed by atoms with Crippen LogP contribution in [0.2, 0.25) is 5.02 Å². The summed E-state index contributed by atoms with van der Waals surface area (Å²) < 4.78 is 1.83. The monoisotopic (exact) mass is 461 g/mol. The molecule has 2 aromatic heterocycles. The Hall–Kier alpha value is -2.36. The number of carbonyl (C=O) groups excluding carboxylic acids is 2. The number of amides is 2. The molecule has 156 valence electrons. The molecule has 0 saturated carbocycles. The standard InChI is InChI=1S/C20H20ClN5O2S2/c1-26-18(11-6-8-12(21)9-7-11)24-25-20(26)29-10-15(27)23-19-16(17(22)28)13-4-2-3-5-14(13)30-19/h6-9H,2-5,10H2,1H3,(H2,22,28)(H,23,27). The molecule has 2 heterocycles. The summed E-state index contributed by atoms with van der Waals surface area (Å²) in [5.41, 5.74) is 7.95. The Morgan fingerprint density at radius 2 is 1.97 bits per heavy atom. The average molecular weight is 462 g/mol. The fourth-order valence-electron chi connectivity index (χ4n) is 3.50. The van der Waals surface area contributed by atoms with Crippen molar-refractivity contribution < 1.29 is 9.59 Å². The summed E-state index contributed by atoms with van der Waals surface area (Å²) in [6.45, 7) is 0. The third-order valence-electron chi connectivity index (χ3n) is 4.94. The van der Waals surface area contributed by atoms with Crippen LogP contribution in [0, 0.1) is 0 Å². The lowest BCUT2D eigenvalue weighted by molar-refractivity contribution is -0.113. The summed E-state index contributed by atoms with van der Waals surface area (Å²) in [5, 5.41) is 13.1. The number of primary amides is 1. The van der Waals surface area contributed by atoms with Crippen LogP contribution in [0.3, 0.4) is 0 Å². The van der Waals surface area contributed by atoms with Crippen LogP contribution in [0.5, 0.6) is 0 Å². The summed E-state index contributed by atoms with van der Waals surface area (Å²) in [4.78, 5) is 25.7. The van der Waals surface area contributed by atoms with Gasteiger partial charge in [-0.3, -0.25) is 9.59 Å². The van der Waals surface area contributed by atoms with Crippen molar-refractivity contribution in [2.24, 2.45) is 12.8 Å². The van der Waals surface area contributed by atoms with Crippen molar-refractivity contribution >= 4 is 51.5 Å². The van der Waals surface area contributed by atoms with E-state index < -0.39 is 5.91 Å². The number of thioether (sulfide) groups is 1. The van der Waals surface area contributed by atoms with Crippen molar-refractivity contribution in [3.8, 4) is 11.4 Å². The molecule has 3 N–H and O–H groups in total. The molecular weight excluding hydrogens is 442 g/mol. The molecule has 3 aromatic rings. The maximum Gasteiger partial charge on any atom is 0.251 e. The quantitative estimate of drug-likeness (QED) is 0.542. The van der Waals surface area contributed by atoms with Gasteiger partial charge in [0.1, 0.15) is 5.00 Å². The van der Waals surface area contributed by atoms with E-state index in [-0.39, 0.29) is 11.7 Å². The number of anilines is 1. The number of rotatable bonds is 6. The minimum atomic E-state index is -0.488. The van der Waals surface area contributed by atoms with E-state index in [4.69, 9.17) is 17.3 Å². The summed E-state index contributed by atoms with van der Waals surface area (Å²) in [5.74, 6) is 0.139. The first-order chi connectivity index (χ1) is 14.4. The second-order valence-corrected chi connectivity index (χ2v) is 9.47. The summed E-state index contributed by atoms with van der Waals surface area (Å²) >= 11 is 8.68. The number of nitrogens with one attached hydrogen (secondary N) is 1. The topological polar surface area (TPSA) is 103 Å². The van der Waals surface area contributed by atoms with E-state index in [9.17, 15) is 9.59 Å². The predicted molar refractivity (Wildman–Crippen MR) is 120 cm³/mol. The number of aryl methyl sites for hydroxylation is 1. The Balaban J connectivity index is 1.44. The SMILES string of the molecule is Cn1c(SCC(=O)Nc2sc3c(c2C(N)=O)CCCC3)nnc1-c1ccc(Cl)cc1. The molecule has 0 unspecified atom stereocenters. The highest BCUT2D eigenvalue weighted by molar-refractivity contribution is 7.99. The Morgan fingerprint density at radius 1 is 1.23 bits per heavy atom. The number of benzene rings is 1. The third-order valence-corrected chi connectivity index (χ3v) is 7.42. The first-order valence-electron chi connectivity index (χ1n) is 9.46. The zero-order chi connectivity index (χ0) is 21.3. The highest BCUT2D eigenvalue weighted by atomic mass is 35.5. The van der Waals surface area contributed by atoms with Crippen LogP contribution in [0.1, 0.15) is 33.6 Å². The molecule has 0 bridgehead atoms. The second kappa shape index (κ2) is 8.79. The molecular formula is C20H20ClN5O2S2. The number of halogens is 1. The van der Waals surface area contributed by atoms with E-state index in [2.05, 4.69) is 15.5 Å². The molecule has 1 aliphatic carbocycles. The lowest BCUT2D eigenvalue weighted by atomic mass is 9.95. The molecule has 0 radical (unpaired) electrons. The van der Waals surface area contributed by atoms with Crippen LogP contribution in [0.4, 0.5) is 5.00 Å². The van der Waals surface area contributed by atoms with Gasteiger partial charge in [-0.15, -0.1) is 21.5 Å². The number of hydrogen-bond acceptors (Lipinski definition) is 6. The second-order valence-electron chi connectivity index (χ2n) is 6.99. The fourth-order valence-corrected chi connectivity index (χ4v) is 5.65. The number of nitrogens with zero attached hydrogens (tertiary/aromatic N) is 3. The largest absolute Gasteiger partial charge is 0.365 e. The molecule has 30 heavy (non-hydrogen) atoms. The molecule has 2 amide bonds. The van der Waals surface area contributed by atoms with E-state index in [0.29, 0.717) is 26.6 Å². The first-order valence-corrected chi connectivity index (χ1v) is 11.6. The molecule has 7 nitrogen and oxygen atoms in total. The Kier molecular flexibility index (Phi) is 6.12. The van der Waals surface area contributed by atoms with Gasteiger partial charge in [-0.05, 0) is 55.5 Å². The van der Waals surface area contributed by atoms with Crippen molar-refractivity contribution in [1.82, 2.24) is 14.8 Å². The average Bonchev–Trinajstić information content (AvgIpc) is 3.27. The van der Waals surface area contributed by atoms with Gasteiger partial charge in [-0.25, -0.2) is 0 Å². The number of nitrogens with two attached hydrogens (primary N) is 1. The van der Waals surface area contributed by atoms with E-state index in [1.807, 2.05) is 23.7 Å². The molecule has 0 fully saturated rings. The smallest absolute Gasteiger partial charge is 0.251 e. The highest BCUT2D eigenvalue weighted by Gasteiger charge is 2.25. The van der Waals surface area contributed by atoms with Crippen LogP contribution < -0.4 is 11.1 Å². The zero-order valence-corrected chi connectivity index (χ0v) is 18.7. The van der Waals surface area contributed by atoms with Crippen molar-refractivity contribution in [2.75, 3.05) is 11.1 Å². The van der Waals surface area contributed by atoms with Crippen molar-refractivity contribution in [1.29, 1.82) is 0 Å². The summed E-state index contributed by atoms with van der Waals surface area (Å²) in [6, 6.07) is 7.33.